The molecule has 274 valence electrons. The number of carbonyl (C=O) groups is 2. The van der Waals surface area contributed by atoms with Crippen LogP contribution in [0.4, 0.5) is 4.79 Å². The fourth-order valence-electron chi connectivity index (χ4n) is 7.09. The summed E-state index contributed by atoms with van der Waals surface area (Å²) in [4.78, 5) is 40.8. The lowest BCUT2D eigenvalue weighted by Crippen LogP contribution is -2.47. The zero-order chi connectivity index (χ0) is 35.4. The molecule has 0 aromatic carbocycles. The fourth-order valence-corrected chi connectivity index (χ4v) is 10.1. The van der Waals surface area contributed by atoms with Gasteiger partial charge in [0.1, 0.15) is 6.10 Å². The van der Waals surface area contributed by atoms with Crippen molar-refractivity contribution in [2.75, 3.05) is 32.9 Å². The number of unbranched alkanes of at least 4 members (excludes halogenated alkanes) is 4. The molecule has 1 saturated carbocycles. The fraction of sp³-hybridized carbons (Fsp3) is 0.917. The van der Waals surface area contributed by atoms with E-state index in [0.29, 0.717) is 58.2 Å². The van der Waals surface area contributed by atoms with Gasteiger partial charge in [-0.25, -0.2) is 14.6 Å². The Balaban J connectivity index is 2.65. The van der Waals surface area contributed by atoms with Gasteiger partial charge in [-0.1, -0.05) is 67.2 Å². The second-order valence-corrected chi connectivity index (χ2v) is 18.1. The number of isocyanates is 1. The first kappa shape index (κ1) is 43.2. The number of hydrogen-bond acceptors (Lipinski definition) is 8. The van der Waals surface area contributed by atoms with E-state index in [2.05, 4.69) is 57.2 Å². The van der Waals surface area contributed by atoms with Gasteiger partial charge in [-0.05, 0) is 88.4 Å². The van der Waals surface area contributed by atoms with Crippen molar-refractivity contribution in [2.24, 2.45) is 21.2 Å². The van der Waals surface area contributed by atoms with Gasteiger partial charge in [0.25, 0.3) is 0 Å². The van der Waals surface area contributed by atoms with Gasteiger partial charge >= 0.3 is 14.9 Å². The molecule has 0 spiro atoms. The molecule has 0 saturated heterocycles. The zero-order valence-electron chi connectivity index (χ0n) is 31.4. The number of carbonyl (C=O) groups excluding carboxylic acids is 3. The highest BCUT2D eigenvalue weighted by molar-refractivity contribution is 6.60. The molecule has 10 nitrogen and oxygen atoms in total. The van der Waals surface area contributed by atoms with Crippen molar-refractivity contribution in [1.82, 2.24) is 10.6 Å². The van der Waals surface area contributed by atoms with E-state index in [0.717, 1.165) is 44.9 Å². The maximum atomic E-state index is 13.0. The first-order valence-corrected chi connectivity index (χ1v) is 20.3. The van der Waals surface area contributed by atoms with E-state index in [1.165, 1.54) is 19.3 Å². The Hall–Kier alpha value is -1.78. The summed E-state index contributed by atoms with van der Waals surface area (Å²) in [5, 5.41) is 6.13. The third kappa shape index (κ3) is 18.5. The van der Waals surface area contributed by atoms with Crippen LogP contribution in [0.3, 0.4) is 0 Å². The molecule has 2 amide bonds. The van der Waals surface area contributed by atoms with E-state index in [4.69, 9.17) is 18.0 Å². The van der Waals surface area contributed by atoms with Crippen molar-refractivity contribution >= 4 is 26.9 Å². The Kier molecular flexibility index (Phi) is 20.3. The molecule has 0 heterocycles. The third-order valence-electron chi connectivity index (χ3n) is 9.11. The summed E-state index contributed by atoms with van der Waals surface area (Å²) in [5.41, 5.74) is -0.319. The molecule has 2 N–H and O–H groups in total. The maximum absolute atomic E-state index is 13.0. The minimum atomic E-state index is -2.74. The van der Waals surface area contributed by atoms with Gasteiger partial charge in [-0.3, -0.25) is 4.79 Å². The number of ether oxygens (including phenoxy) is 1. The van der Waals surface area contributed by atoms with Crippen LogP contribution >= 0.6 is 0 Å². The number of rotatable bonds is 25. The summed E-state index contributed by atoms with van der Waals surface area (Å²) in [6, 6.07) is 0.622. The van der Waals surface area contributed by atoms with E-state index in [-0.39, 0.29) is 34.3 Å². The number of amides is 2. The lowest BCUT2D eigenvalue weighted by atomic mass is 9.63. The minimum absolute atomic E-state index is 0.00697. The summed E-state index contributed by atoms with van der Waals surface area (Å²) in [6.45, 7) is 21.5. The van der Waals surface area contributed by atoms with Gasteiger partial charge in [0.2, 0.25) is 12.0 Å². The Morgan fingerprint density at radius 2 is 1.53 bits per heavy atom. The van der Waals surface area contributed by atoms with Crippen molar-refractivity contribution in [3.63, 3.8) is 0 Å². The standard InChI is InChI=1S/C36H69N3O7Si/c1-10-14-15-16-17-19-31(46-33(42)38-28-36(9)25-30(39-29-40)24-35(7,8)26-36)20-18-21-32(41)37-27-34(5,6)22-23-47(43-11-2,44-12-3)45-13-4/h30-31H,10-28H2,1-9H3,(H,37,41)(H,38,42). The monoisotopic (exact) mass is 683 g/mol. The van der Waals surface area contributed by atoms with Crippen LogP contribution in [0.5, 0.6) is 0 Å². The Morgan fingerprint density at radius 1 is 0.915 bits per heavy atom. The second kappa shape index (κ2) is 22.0. The van der Waals surface area contributed by atoms with Crippen LogP contribution in [0.25, 0.3) is 0 Å². The van der Waals surface area contributed by atoms with Crippen LogP contribution in [-0.4, -0.2) is 71.9 Å². The van der Waals surface area contributed by atoms with Crippen molar-refractivity contribution < 1.29 is 32.4 Å². The molecule has 1 aliphatic rings. The molecule has 1 rings (SSSR count). The van der Waals surface area contributed by atoms with Crippen LogP contribution in [-0.2, 0) is 27.6 Å². The van der Waals surface area contributed by atoms with E-state index in [1.54, 1.807) is 6.08 Å². The number of nitrogens with zero attached hydrogens (tertiary/aromatic N) is 1. The predicted molar refractivity (Wildman–Crippen MR) is 190 cm³/mol. The molecule has 0 bridgehead atoms. The molecule has 1 aliphatic carbocycles. The molecule has 0 aromatic heterocycles. The van der Waals surface area contributed by atoms with Gasteiger partial charge in [-0.15, -0.1) is 0 Å². The average Bonchev–Trinajstić information content (AvgIpc) is 2.97. The van der Waals surface area contributed by atoms with Crippen LogP contribution in [0, 0.1) is 16.2 Å². The highest BCUT2D eigenvalue weighted by Crippen LogP contribution is 2.46. The number of nitrogens with one attached hydrogen (secondary N) is 2. The Bertz CT molecular complexity index is 940. The van der Waals surface area contributed by atoms with E-state index in [9.17, 15) is 14.4 Å². The number of alkyl carbamates (subject to hydrolysis) is 1. The zero-order valence-corrected chi connectivity index (χ0v) is 32.4. The van der Waals surface area contributed by atoms with Crippen molar-refractivity contribution in [2.45, 2.75) is 164 Å². The smallest absolute Gasteiger partial charge is 0.446 e. The van der Waals surface area contributed by atoms with Crippen molar-refractivity contribution in [1.29, 1.82) is 0 Å². The molecule has 1 fully saturated rings. The van der Waals surface area contributed by atoms with Gasteiger partial charge in [0, 0.05) is 45.4 Å². The van der Waals surface area contributed by atoms with Crippen molar-refractivity contribution in [3.8, 4) is 0 Å². The van der Waals surface area contributed by atoms with Gasteiger partial charge in [-0.2, -0.15) is 0 Å². The molecular formula is C36H69N3O7Si. The molecular weight excluding hydrogens is 614 g/mol. The lowest BCUT2D eigenvalue weighted by Gasteiger charge is -2.45. The van der Waals surface area contributed by atoms with Gasteiger partial charge in [0.15, 0.2) is 0 Å². The SMILES string of the molecule is CCCCCCCC(CCCC(=O)NCC(C)(C)CC[Si](OCC)(OCC)OCC)OC(=O)NCC1(C)CC(N=C=O)CC(C)(C)C1. The summed E-state index contributed by atoms with van der Waals surface area (Å²) < 4.78 is 24.0. The lowest BCUT2D eigenvalue weighted by molar-refractivity contribution is -0.121. The minimum Gasteiger partial charge on any atom is -0.446 e. The molecule has 3 unspecified atom stereocenters. The Labute approximate surface area is 287 Å². The van der Waals surface area contributed by atoms with E-state index >= 15 is 0 Å². The first-order valence-electron chi connectivity index (χ1n) is 18.4. The molecule has 11 heteroatoms. The van der Waals surface area contributed by atoms with Gasteiger partial charge in [0.05, 0.1) is 6.04 Å². The summed E-state index contributed by atoms with van der Waals surface area (Å²) in [5.74, 6) is 0.00697. The van der Waals surface area contributed by atoms with Crippen molar-refractivity contribution in [3.05, 3.63) is 0 Å². The van der Waals surface area contributed by atoms with Gasteiger partial charge < -0.3 is 28.6 Å². The first-order chi connectivity index (χ1) is 22.2. The van der Waals surface area contributed by atoms with Crippen LogP contribution in [0.15, 0.2) is 4.99 Å². The van der Waals surface area contributed by atoms with E-state index < -0.39 is 14.9 Å². The second-order valence-electron chi connectivity index (χ2n) is 15.3. The highest BCUT2D eigenvalue weighted by atomic mass is 28.4. The molecule has 47 heavy (non-hydrogen) atoms. The quantitative estimate of drug-likeness (QED) is 0.0431. The largest absolute Gasteiger partial charge is 0.500 e. The summed E-state index contributed by atoms with van der Waals surface area (Å²) in [7, 11) is -2.74. The number of aliphatic imine (C=N–C) groups is 1. The molecule has 0 aliphatic heterocycles. The van der Waals surface area contributed by atoms with Crippen LogP contribution in [0.1, 0.15) is 146 Å². The topological polar surface area (TPSA) is 125 Å². The highest BCUT2D eigenvalue weighted by Gasteiger charge is 2.42. The average molecular weight is 684 g/mol. The summed E-state index contributed by atoms with van der Waals surface area (Å²) in [6.07, 6.45) is 12.5. The number of hydrogen-bond donors (Lipinski definition) is 2. The van der Waals surface area contributed by atoms with Crippen LogP contribution in [0.2, 0.25) is 6.04 Å². The van der Waals surface area contributed by atoms with Crippen LogP contribution < -0.4 is 10.6 Å². The normalized spacial score (nSPS) is 20.2. The molecule has 0 aromatic rings. The predicted octanol–water partition coefficient (Wildman–Crippen LogP) is 8.11. The maximum Gasteiger partial charge on any atom is 0.500 e. The Morgan fingerprint density at radius 3 is 2.13 bits per heavy atom. The summed E-state index contributed by atoms with van der Waals surface area (Å²) >= 11 is 0. The third-order valence-corrected chi connectivity index (χ3v) is 12.2. The molecule has 3 atom stereocenters. The molecule has 0 radical (unpaired) electrons. The van der Waals surface area contributed by atoms with E-state index in [1.807, 2.05) is 20.8 Å².